The normalized spacial score (nSPS) is 10.9. The Bertz CT molecular complexity index is 907. The van der Waals surface area contributed by atoms with Crippen LogP contribution in [0.15, 0.2) is 42.5 Å². The van der Waals surface area contributed by atoms with Crippen LogP contribution in [0, 0.1) is 6.92 Å². The van der Waals surface area contributed by atoms with Crippen LogP contribution in [0.25, 0.3) is 22.2 Å². The largest absolute Gasteiger partial charge is 0.478 e. The molecule has 3 aromatic rings. The van der Waals surface area contributed by atoms with Gasteiger partial charge >= 0.3 is 5.97 Å². The van der Waals surface area contributed by atoms with E-state index in [1.165, 1.54) is 0 Å². The minimum atomic E-state index is -1.00. The lowest BCUT2D eigenvalue weighted by atomic mass is 9.98. The molecule has 0 spiro atoms. The van der Waals surface area contributed by atoms with E-state index in [0.29, 0.717) is 32.2 Å². The van der Waals surface area contributed by atoms with Crippen LogP contribution >= 0.6 is 23.2 Å². The number of para-hydroxylation sites is 1. The maximum absolute atomic E-state index is 11.7. The summed E-state index contributed by atoms with van der Waals surface area (Å²) in [4.78, 5) is 16.3. The van der Waals surface area contributed by atoms with Gasteiger partial charge < -0.3 is 5.11 Å². The van der Waals surface area contributed by atoms with Crippen LogP contribution in [-0.4, -0.2) is 16.1 Å². The lowest BCUT2D eigenvalue weighted by molar-refractivity contribution is 0.0698. The van der Waals surface area contributed by atoms with Gasteiger partial charge in [0, 0.05) is 16.0 Å². The Morgan fingerprint density at radius 1 is 1.14 bits per heavy atom. The highest BCUT2D eigenvalue weighted by Crippen LogP contribution is 2.33. The number of nitrogens with zero attached hydrogens (tertiary/aromatic N) is 1. The first-order valence-electron chi connectivity index (χ1n) is 6.57. The molecule has 1 N–H and O–H groups in total. The van der Waals surface area contributed by atoms with Crippen LogP contribution < -0.4 is 0 Å². The van der Waals surface area contributed by atoms with E-state index in [1.807, 2.05) is 6.07 Å². The maximum Gasteiger partial charge on any atom is 0.336 e. The fourth-order valence-corrected chi connectivity index (χ4v) is 2.95. The number of benzene rings is 2. The number of carboxylic acid groups (broad SMARTS) is 1. The van der Waals surface area contributed by atoms with Crippen molar-refractivity contribution in [3.8, 4) is 11.3 Å². The Balaban J connectivity index is 2.44. The van der Waals surface area contributed by atoms with Gasteiger partial charge in [0.2, 0.25) is 0 Å². The van der Waals surface area contributed by atoms with Gasteiger partial charge in [-0.1, -0.05) is 47.5 Å². The zero-order valence-corrected chi connectivity index (χ0v) is 13.1. The molecule has 0 saturated carbocycles. The molecule has 5 heteroatoms. The molecule has 0 atom stereocenters. The third-order valence-electron chi connectivity index (χ3n) is 3.52. The number of aromatic carboxylic acids is 1. The van der Waals surface area contributed by atoms with E-state index in [0.717, 1.165) is 5.56 Å². The second kappa shape index (κ2) is 5.59. The zero-order valence-electron chi connectivity index (χ0n) is 11.6. The van der Waals surface area contributed by atoms with E-state index in [9.17, 15) is 9.90 Å². The van der Waals surface area contributed by atoms with Crippen molar-refractivity contribution in [2.75, 3.05) is 0 Å². The summed E-state index contributed by atoms with van der Waals surface area (Å²) in [6.07, 6.45) is 0. The molecule has 3 rings (SSSR count). The molecule has 0 aliphatic heterocycles. The molecule has 1 heterocycles. The molecule has 2 aromatic carbocycles. The number of halogens is 2. The molecule has 0 aliphatic carbocycles. The summed E-state index contributed by atoms with van der Waals surface area (Å²) in [6, 6.07) is 12.3. The van der Waals surface area contributed by atoms with Crippen molar-refractivity contribution in [3.63, 3.8) is 0 Å². The van der Waals surface area contributed by atoms with Gasteiger partial charge in [0.1, 0.15) is 0 Å². The number of hydrogen-bond donors (Lipinski definition) is 1. The molecule has 0 radical (unpaired) electrons. The summed E-state index contributed by atoms with van der Waals surface area (Å²) in [5, 5.41) is 11.1. The van der Waals surface area contributed by atoms with Crippen molar-refractivity contribution in [1.29, 1.82) is 0 Å². The van der Waals surface area contributed by atoms with E-state index >= 15 is 0 Å². The molecular formula is C17H11Cl2NO2. The van der Waals surface area contributed by atoms with Crippen molar-refractivity contribution in [2.45, 2.75) is 6.92 Å². The lowest BCUT2D eigenvalue weighted by Gasteiger charge is -2.13. The number of fused-ring (bicyclic) bond motifs is 1. The highest BCUT2D eigenvalue weighted by Gasteiger charge is 2.19. The second-order valence-electron chi connectivity index (χ2n) is 4.91. The predicted octanol–water partition coefficient (Wildman–Crippen LogP) is 5.22. The standard InChI is InChI=1S/C17H11Cl2NO2/c1-9-14(17(21)22)12-6-3-7-13(19)16(12)20-15(9)10-4-2-5-11(18)8-10/h2-8H,1H3,(H,21,22). The van der Waals surface area contributed by atoms with Crippen molar-refractivity contribution in [1.82, 2.24) is 4.98 Å². The van der Waals surface area contributed by atoms with Gasteiger partial charge in [-0.15, -0.1) is 0 Å². The third kappa shape index (κ3) is 2.43. The number of carbonyl (C=O) groups is 1. The second-order valence-corrected chi connectivity index (χ2v) is 5.76. The van der Waals surface area contributed by atoms with Crippen LogP contribution in [0.5, 0.6) is 0 Å². The third-order valence-corrected chi connectivity index (χ3v) is 4.06. The van der Waals surface area contributed by atoms with E-state index in [2.05, 4.69) is 4.98 Å². The Kier molecular flexibility index (Phi) is 3.77. The number of rotatable bonds is 2. The van der Waals surface area contributed by atoms with Gasteiger partial charge in [0.05, 0.1) is 21.8 Å². The Labute approximate surface area is 137 Å². The summed E-state index contributed by atoms with van der Waals surface area (Å²) in [5.74, 6) is -1.00. The van der Waals surface area contributed by atoms with Crippen LogP contribution in [0.2, 0.25) is 10.0 Å². The molecule has 0 unspecified atom stereocenters. The fraction of sp³-hybridized carbons (Fsp3) is 0.0588. The van der Waals surface area contributed by atoms with Crippen LogP contribution in [0.3, 0.4) is 0 Å². The lowest BCUT2D eigenvalue weighted by Crippen LogP contribution is -2.05. The van der Waals surface area contributed by atoms with Crippen molar-refractivity contribution < 1.29 is 9.90 Å². The van der Waals surface area contributed by atoms with Crippen LogP contribution in [-0.2, 0) is 0 Å². The molecule has 0 aliphatic rings. The van der Waals surface area contributed by atoms with Crippen LogP contribution in [0.1, 0.15) is 15.9 Å². The van der Waals surface area contributed by atoms with Gasteiger partial charge in [0.25, 0.3) is 0 Å². The molecule has 1 aromatic heterocycles. The van der Waals surface area contributed by atoms with Gasteiger partial charge in [-0.05, 0) is 30.7 Å². The van der Waals surface area contributed by atoms with Gasteiger partial charge in [-0.25, -0.2) is 9.78 Å². The Hall–Kier alpha value is -2.10. The zero-order chi connectivity index (χ0) is 15.9. The van der Waals surface area contributed by atoms with Crippen molar-refractivity contribution in [3.05, 3.63) is 63.6 Å². The molecule has 3 nitrogen and oxygen atoms in total. The highest BCUT2D eigenvalue weighted by molar-refractivity contribution is 6.35. The minimum Gasteiger partial charge on any atom is -0.478 e. The monoisotopic (exact) mass is 331 g/mol. The topological polar surface area (TPSA) is 50.2 Å². The van der Waals surface area contributed by atoms with Crippen LogP contribution in [0.4, 0.5) is 0 Å². The van der Waals surface area contributed by atoms with Crippen molar-refractivity contribution in [2.24, 2.45) is 0 Å². The average molecular weight is 332 g/mol. The first-order chi connectivity index (χ1) is 10.5. The summed E-state index contributed by atoms with van der Waals surface area (Å²) < 4.78 is 0. The predicted molar refractivity (Wildman–Crippen MR) is 88.9 cm³/mol. The minimum absolute atomic E-state index is 0.211. The number of pyridine rings is 1. The summed E-state index contributed by atoms with van der Waals surface area (Å²) in [7, 11) is 0. The van der Waals surface area contributed by atoms with Gasteiger partial charge in [0.15, 0.2) is 0 Å². The first kappa shape index (κ1) is 14.8. The molecule has 0 amide bonds. The molecule has 0 fully saturated rings. The van der Waals surface area contributed by atoms with E-state index in [1.54, 1.807) is 43.3 Å². The molecule has 0 saturated heterocycles. The molecule has 22 heavy (non-hydrogen) atoms. The summed E-state index contributed by atoms with van der Waals surface area (Å²) in [6.45, 7) is 1.74. The maximum atomic E-state index is 11.7. The number of carboxylic acids is 1. The summed E-state index contributed by atoms with van der Waals surface area (Å²) >= 11 is 12.2. The van der Waals surface area contributed by atoms with E-state index in [4.69, 9.17) is 23.2 Å². The van der Waals surface area contributed by atoms with E-state index < -0.39 is 5.97 Å². The number of hydrogen-bond acceptors (Lipinski definition) is 2. The number of aromatic nitrogens is 1. The first-order valence-corrected chi connectivity index (χ1v) is 7.32. The van der Waals surface area contributed by atoms with Crippen molar-refractivity contribution >= 4 is 40.1 Å². The van der Waals surface area contributed by atoms with E-state index in [-0.39, 0.29) is 5.56 Å². The summed E-state index contributed by atoms with van der Waals surface area (Å²) in [5.41, 5.74) is 2.60. The molecular weight excluding hydrogens is 321 g/mol. The van der Waals surface area contributed by atoms with Gasteiger partial charge in [-0.3, -0.25) is 0 Å². The Morgan fingerprint density at radius 3 is 2.55 bits per heavy atom. The highest BCUT2D eigenvalue weighted by atomic mass is 35.5. The molecule has 110 valence electrons. The quantitative estimate of drug-likeness (QED) is 0.700. The fourth-order valence-electron chi connectivity index (χ4n) is 2.54. The SMILES string of the molecule is Cc1c(-c2cccc(Cl)c2)nc2c(Cl)cccc2c1C(=O)O. The Morgan fingerprint density at radius 2 is 1.86 bits per heavy atom. The molecule has 0 bridgehead atoms. The smallest absolute Gasteiger partial charge is 0.336 e. The van der Waals surface area contributed by atoms with Gasteiger partial charge in [-0.2, -0.15) is 0 Å². The average Bonchev–Trinajstić information content (AvgIpc) is 2.46.